The van der Waals surface area contributed by atoms with Crippen molar-refractivity contribution in [2.75, 3.05) is 19.5 Å². The average Bonchev–Trinajstić information content (AvgIpc) is 2.14. The third-order valence-electron chi connectivity index (χ3n) is 1.37. The zero-order valence-corrected chi connectivity index (χ0v) is 5.78. The topological polar surface area (TPSA) is 35.2 Å². The summed E-state index contributed by atoms with van der Waals surface area (Å²) in [5.74, 6) is 0. The molecule has 1 rings (SSSR count). The Balaban J connectivity index is 2.30. The fourth-order valence-corrected chi connectivity index (χ4v) is 1.45. The van der Waals surface area contributed by atoms with Gasteiger partial charge in [-0.15, -0.1) is 0 Å². The van der Waals surface area contributed by atoms with E-state index in [0.717, 1.165) is 13.2 Å². The zero-order valence-electron chi connectivity index (χ0n) is 4.96. The van der Waals surface area contributed by atoms with Crippen LogP contribution in [0.3, 0.4) is 0 Å². The minimum atomic E-state index is 0.269. The molecular weight excluding hydrogens is 122 g/mol. The maximum atomic E-state index is 5.64. The van der Waals surface area contributed by atoms with Crippen molar-refractivity contribution in [1.82, 2.24) is 0 Å². The van der Waals surface area contributed by atoms with Gasteiger partial charge in [0.25, 0.3) is 0 Å². The van der Waals surface area contributed by atoms with E-state index in [1.807, 2.05) is 0 Å². The van der Waals surface area contributed by atoms with Gasteiger partial charge in [-0.1, -0.05) is 0 Å². The maximum Gasteiger partial charge on any atom is 0.0629 e. The zero-order chi connectivity index (χ0) is 5.98. The molecule has 0 aliphatic carbocycles. The highest BCUT2D eigenvalue weighted by atomic mass is 32.2. The molecule has 3 heteroatoms. The number of ether oxygens (including phenoxy) is 1. The van der Waals surface area contributed by atoms with Gasteiger partial charge in [0.15, 0.2) is 0 Å². The molecule has 0 amide bonds. The Kier molecular flexibility index (Phi) is 2.16. The number of thioether (sulfide) groups is 1. The van der Waals surface area contributed by atoms with Crippen LogP contribution < -0.4 is 5.73 Å². The first-order valence-electron chi connectivity index (χ1n) is 2.70. The molecule has 0 radical (unpaired) electrons. The van der Waals surface area contributed by atoms with E-state index in [1.165, 1.54) is 0 Å². The summed E-state index contributed by atoms with van der Waals surface area (Å²) >= 11 is 1.79. The summed E-state index contributed by atoms with van der Waals surface area (Å²) in [4.78, 5) is 0. The molecule has 1 fully saturated rings. The summed E-state index contributed by atoms with van der Waals surface area (Å²) in [5.41, 5.74) is 5.64. The molecule has 1 saturated heterocycles. The van der Waals surface area contributed by atoms with Gasteiger partial charge in [-0.05, 0) is 6.26 Å². The van der Waals surface area contributed by atoms with Gasteiger partial charge in [-0.2, -0.15) is 11.8 Å². The first-order chi connectivity index (χ1) is 3.84. The number of hydrogen-bond acceptors (Lipinski definition) is 3. The van der Waals surface area contributed by atoms with Crippen LogP contribution in [-0.2, 0) is 4.74 Å². The van der Waals surface area contributed by atoms with Crippen molar-refractivity contribution >= 4 is 11.8 Å². The van der Waals surface area contributed by atoms with Crippen LogP contribution in [0.25, 0.3) is 0 Å². The second-order valence-electron chi connectivity index (χ2n) is 1.98. The third kappa shape index (κ3) is 1.16. The van der Waals surface area contributed by atoms with E-state index in [0.29, 0.717) is 5.25 Å². The molecule has 0 spiro atoms. The van der Waals surface area contributed by atoms with Crippen molar-refractivity contribution in [1.29, 1.82) is 0 Å². The monoisotopic (exact) mass is 133 g/mol. The summed E-state index contributed by atoms with van der Waals surface area (Å²) in [6.07, 6.45) is 2.07. The van der Waals surface area contributed by atoms with Crippen molar-refractivity contribution < 1.29 is 4.74 Å². The normalized spacial score (nSPS) is 38.2. The van der Waals surface area contributed by atoms with Crippen molar-refractivity contribution in [3.8, 4) is 0 Å². The van der Waals surface area contributed by atoms with Crippen molar-refractivity contribution in [2.45, 2.75) is 11.3 Å². The first-order valence-corrected chi connectivity index (χ1v) is 3.99. The molecule has 0 saturated carbocycles. The summed E-state index contributed by atoms with van der Waals surface area (Å²) < 4.78 is 5.11. The third-order valence-corrected chi connectivity index (χ3v) is 2.46. The fourth-order valence-electron chi connectivity index (χ4n) is 0.794. The highest BCUT2D eigenvalue weighted by Gasteiger charge is 2.22. The molecule has 2 nitrogen and oxygen atoms in total. The molecule has 1 heterocycles. The second-order valence-corrected chi connectivity index (χ2v) is 3.05. The minimum absolute atomic E-state index is 0.269. The number of rotatable bonds is 1. The Morgan fingerprint density at radius 3 is 2.62 bits per heavy atom. The highest BCUT2D eigenvalue weighted by molar-refractivity contribution is 7.99. The van der Waals surface area contributed by atoms with E-state index in [9.17, 15) is 0 Å². The fraction of sp³-hybridized carbons (Fsp3) is 1.00. The summed E-state index contributed by atoms with van der Waals surface area (Å²) in [7, 11) is 0. The molecule has 48 valence electrons. The van der Waals surface area contributed by atoms with Crippen LogP contribution in [0.5, 0.6) is 0 Å². The lowest BCUT2D eigenvalue weighted by molar-refractivity contribution is 0.195. The molecule has 8 heavy (non-hydrogen) atoms. The summed E-state index contributed by atoms with van der Waals surface area (Å²) in [6.45, 7) is 1.58. The van der Waals surface area contributed by atoms with Gasteiger partial charge in [-0.25, -0.2) is 0 Å². The second kappa shape index (κ2) is 2.71. The Hall–Kier alpha value is 0.270. The van der Waals surface area contributed by atoms with E-state index < -0.39 is 0 Å². The van der Waals surface area contributed by atoms with Crippen molar-refractivity contribution in [3.63, 3.8) is 0 Å². The Labute approximate surface area is 53.8 Å². The Bertz CT molecular complexity index is 78.8. The highest BCUT2D eigenvalue weighted by Crippen LogP contribution is 2.15. The summed E-state index contributed by atoms with van der Waals surface area (Å²) in [6, 6.07) is 0.269. The van der Waals surface area contributed by atoms with Crippen LogP contribution in [0.1, 0.15) is 0 Å². The predicted molar refractivity (Wildman–Crippen MR) is 36.1 cm³/mol. The van der Waals surface area contributed by atoms with Gasteiger partial charge in [0.1, 0.15) is 0 Å². The summed E-state index contributed by atoms with van der Waals surface area (Å²) in [5, 5.41) is 0.537. The molecule has 0 aromatic carbocycles. The van der Waals surface area contributed by atoms with Gasteiger partial charge in [0.2, 0.25) is 0 Å². The van der Waals surface area contributed by atoms with E-state index in [1.54, 1.807) is 11.8 Å². The van der Waals surface area contributed by atoms with Gasteiger partial charge >= 0.3 is 0 Å². The van der Waals surface area contributed by atoms with Crippen LogP contribution in [0.4, 0.5) is 0 Å². The molecule has 2 atom stereocenters. The van der Waals surface area contributed by atoms with Crippen molar-refractivity contribution in [3.05, 3.63) is 0 Å². The molecule has 2 N–H and O–H groups in total. The van der Waals surface area contributed by atoms with Crippen LogP contribution in [0.2, 0.25) is 0 Å². The molecule has 0 aromatic heterocycles. The molecule has 1 aliphatic rings. The van der Waals surface area contributed by atoms with Gasteiger partial charge < -0.3 is 10.5 Å². The van der Waals surface area contributed by atoms with Gasteiger partial charge in [0, 0.05) is 11.3 Å². The van der Waals surface area contributed by atoms with Gasteiger partial charge in [0.05, 0.1) is 13.2 Å². The Morgan fingerprint density at radius 1 is 1.62 bits per heavy atom. The van der Waals surface area contributed by atoms with E-state index in [2.05, 4.69) is 6.26 Å². The maximum absolute atomic E-state index is 5.64. The molecule has 1 aliphatic heterocycles. The van der Waals surface area contributed by atoms with Crippen LogP contribution in [0, 0.1) is 0 Å². The lowest BCUT2D eigenvalue weighted by Crippen LogP contribution is -2.30. The molecule has 2 unspecified atom stereocenters. The van der Waals surface area contributed by atoms with E-state index in [-0.39, 0.29) is 6.04 Å². The number of nitrogens with two attached hydrogens (primary N) is 1. The van der Waals surface area contributed by atoms with Crippen LogP contribution in [-0.4, -0.2) is 30.8 Å². The molecule has 0 aromatic rings. The largest absolute Gasteiger partial charge is 0.379 e. The smallest absolute Gasteiger partial charge is 0.0629 e. The predicted octanol–water partition coefficient (Wildman–Crippen LogP) is 0.0755. The number of hydrogen-bond donors (Lipinski definition) is 1. The lowest BCUT2D eigenvalue weighted by atomic mass is 10.3. The van der Waals surface area contributed by atoms with Crippen LogP contribution >= 0.6 is 11.8 Å². The van der Waals surface area contributed by atoms with E-state index in [4.69, 9.17) is 10.5 Å². The lowest BCUT2D eigenvalue weighted by Gasteiger charge is -2.07. The van der Waals surface area contributed by atoms with Crippen molar-refractivity contribution in [2.24, 2.45) is 5.73 Å². The minimum Gasteiger partial charge on any atom is -0.379 e. The Morgan fingerprint density at radius 2 is 2.38 bits per heavy atom. The van der Waals surface area contributed by atoms with Crippen LogP contribution in [0.15, 0.2) is 0 Å². The van der Waals surface area contributed by atoms with Gasteiger partial charge in [-0.3, -0.25) is 0 Å². The quantitative estimate of drug-likeness (QED) is 0.550. The van der Waals surface area contributed by atoms with E-state index >= 15 is 0 Å². The average molecular weight is 133 g/mol. The standard InChI is InChI=1S/C5H11NOS/c1-8-5-3-7-2-4(5)6/h4-5H,2-3,6H2,1H3. The molecule has 0 bridgehead atoms. The SMILES string of the molecule is CSC1COCC1N. The first kappa shape index (κ1) is 6.39. The molecular formula is C5H11NOS.